The molecule has 1 aliphatic heterocycles. The highest BCUT2D eigenvalue weighted by Gasteiger charge is 2.23. The summed E-state index contributed by atoms with van der Waals surface area (Å²) in [6.45, 7) is 5.30. The van der Waals surface area contributed by atoms with E-state index in [4.69, 9.17) is 9.40 Å². The lowest BCUT2D eigenvalue weighted by Gasteiger charge is -2.36. The minimum absolute atomic E-state index is 0.233. The van der Waals surface area contributed by atoms with Gasteiger partial charge in [-0.15, -0.1) is 5.10 Å². The first-order valence-electron chi connectivity index (χ1n) is 10.9. The van der Waals surface area contributed by atoms with Crippen molar-refractivity contribution in [2.24, 2.45) is 0 Å². The van der Waals surface area contributed by atoms with Crippen LogP contribution < -0.4 is 10.6 Å². The Kier molecular flexibility index (Phi) is 5.05. The van der Waals surface area contributed by atoms with Crippen LogP contribution in [0, 0.1) is 6.92 Å². The van der Waals surface area contributed by atoms with Crippen LogP contribution in [0.5, 0.6) is 0 Å². The molecule has 0 saturated carbocycles. The molecule has 0 bridgehead atoms. The molecule has 5 rings (SSSR count). The van der Waals surface area contributed by atoms with Gasteiger partial charge in [-0.05, 0) is 50.8 Å². The molecule has 8 heteroatoms. The minimum Gasteiger partial charge on any atom is -0.441 e. The number of nitrogens with zero attached hydrogens (tertiary/aromatic N) is 6. The van der Waals surface area contributed by atoms with Crippen molar-refractivity contribution in [3.05, 3.63) is 64.5 Å². The average Bonchev–Trinajstić information content (AvgIpc) is 3.33. The maximum absolute atomic E-state index is 12.9. The summed E-state index contributed by atoms with van der Waals surface area (Å²) < 4.78 is 8.72. The van der Waals surface area contributed by atoms with Crippen molar-refractivity contribution in [3.63, 3.8) is 0 Å². The Morgan fingerprint density at radius 1 is 1.13 bits per heavy atom. The molecule has 0 amide bonds. The summed E-state index contributed by atoms with van der Waals surface area (Å²) in [5, 5.41) is 4.48. The number of fused-ring (bicyclic) bond motifs is 1. The summed E-state index contributed by atoms with van der Waals surface area (Å²) in [5.41, 5.74) is 1.35. The average molecular weight is 419 g/mol. The second kappa shape index (κ2) is 8.02. The Labute approximate surface area is 180 Å². The quantitative estimate of drug-likeness (QED) is 0.492. The largest absolute Gasteiger partial charge is 0.441 e. The number of aryl methyl sites for hydroxylation is 1. The summed E-state index contributed by atoms with van der Waals surface area (Å²) in [6, 6.07) is 12.1. The molecule has 1 fully saturated rings. The molecule has 3 aromatic heterocycles. The van der Waals surface area contributed by atoms with Crippen molar-refractivity contribution in [2.45, 2.75) is 52.1 Å². The number of piperidine rings is 1. The highest BCUT2D eigenvalue weighted by Crippen LogP contribution is 2.25. The maximum atomic E-state index is 12.9. The van der Waals surface area contributed by atoms with E-state index in [9.17, 15) is 4.79 Å². The predicted molar refractivity (Wildman–Crippen MR) is 118 cm³/mol. The first kappa shape index (κ1) is 19.5. The second-order valence-corrected chi connectivity index (χ2v) is 8.04. The lowest BCUT2D eigenvalue weighted by atomic mass is 10.0. The Morgan fingerprint density at radius 3 is 2.77 bits per heavy atom. The zero-order valence-electron chi connectivity index (χ0n) is 17.9. The van der Waals surface area contributed by atoms with E-state index in [0.717, 1.165) is 24.3 Å². The molecule has 160 valence electrons. The Bertz CT molecular complexity index is 1260. The van der Waals surface area contributed by atoms with Gasteiger partial charge in [0.25, 0.3) is 5.78 Å². The van der Waals surface area contributed by atoms with Gasteiger partial charge >= 0.3 is 5.69 Å². The molecule has 0 N–H and O–H groups in total. The molecule has 8 nitrogen and oxygen atoms in total. The van der Waals surface area contributed by atoms with Gasteiger partial charge in [0.1, 0.15) is 17.3 Å². The third-order valence-electron chi connectivity index (χ3n) is 6.05. The van der Waals surface area contributed by atoms with Gasteiger partial charge in [0.15, 0.2) is 0 Å². The fraction of sp³-hybridized carbons (Fsp3) is 0.391. The molecule has 1 atom stereocenters. The van der Waals surface area contributed by atoms with Crippen LogP contribution in [0.1, 0.15) is 44.1 Å². The van der Waals surface area contributed by atoms with Crippen LogP contribution in [0.3, 0.4) is 0 Å². The number of hydrogen-bond donors (Lipinski definition) is 0. The van der Waals surface area contributed by atoms with Gasteiger partial charge in [-0.3, -0.25) is 0 Å². The molecule has 0 spiro atoms. The van der Waals surface area contributed by atoms with Crippen LogP contribution in [0.25, 0.3) is 17.2 Å². The van der Waals surface area contributed by atoms with E-state index in [1.807, 2.05) is 43.3 Å². The standard InChI is InChI=1S/C23H26N6O2/c1-3-18-11-7-8-13-27(18)20-12-14-28-22(25-20)26-29(23(28)30)15-19-16(2)31-21(24-19)17-9-5-4-6-10-17/h4-6,9-10,12,14,18H,3,7-8,11,13,15H2,1-2H3. The number of oxazole rings is 1. The molecule has 4 aromatic rings. The van der Waals surface area contributed by atoms with E-state index in [0.29, 0.717) is 29.2 Å². The summed E-state index contributed by atoms with van der Waals surface area (Å²) in [6.07, 6.45) is 6.46. The number of rotatable bonds is 5. The number of anilines is 1. The molecular formula is C23H26N6O2. The van der Waals surface area contributed by atoms with Gasteiger partial charge in [-0.25, -0.2) is 18.9 Å². The lowest BCUT2D eigenvalue weighted by Crippen LogP contribution is -2.39. The van der Waals surface area contributed by atoms with Gasteiger partial charge in [0, 0.05) is 24.3 Å². The van der Waals surface area contributed by atoms with Crippen LogP contribution in [-0.4, -0.2) is 36.7 Å². The zero-order chi connectivity index (χ0) is 21.4. The van der Waals surface area contributed by atoms with Crippen LogP contribution >= 0.6 is 0 Å². The first-order valence-corrected chi connectivity index (χ1v) is 10.9. The Morgan fingerprint density at radius 2 is 1.97 bits per heavy atom. The minimum atomic E-state index is -0.233. The molecule has 31 heavy (non-hydrogen) atoms. The third-order valence-corrected chi connectivity index (χ3v) is 6.05. The van der Waals surface area contributed by atoms with Crippen LogP contribution in [0.2, 0.25) is 0 Å². The highest BCUT2D eigenvalue weighted by molar-refractivity contribution is 5.53. The smallest absolute Gasteiger partial charge is 0.351 e. The van der Waals surface area contributed by atoms with E-state index in [1.54, 1.807) is 6.20 Å². The van der Waals surface area contributed by atoms with Crippen molar-refractivity contribution in [3.8, 4) is 11.5 Å². The monoisotopic (exact) mass is 418 g/mol. The summed E-state index contributed by atoms with van der Waals surface area (Å²) >= 11 is 0. The van der Waals surface area contributed by atoms with Crippen LogP contribution in [0.4, 0.5) is 5.82 Å². The van der Waals surface area contributed by atoms with Gasteiger partial charge in [-0.1, -0.05) is 25.1 Å². The number of benzene rings is 1. The zero-order valence-corrected chi connectivity index (χ0v) is 17.9. The van der Waals surface area contributed by atoms with E-state index in [-0.39, 0.29) is 12.2 Å². The molecule has 1 saturated heterocycles. The van der Waals surface area contributed by atoms with E-state index < -0.39 is 0 Å². The van der Waals surface area contributed by atoms with Gasteiger partial charge < -0.3 is 9.32 Å². The molecule has 1 unspecified atom stereocenters. The molecule has 1 aromatic carbocycles. The van der Waals surface area contributed by atoms with E-state index >= 15 is 0 Å². The van der Waals surface area contributed by atoms with E-state index in [2.05, 4.69) is 21.9 Å². The number of aromatic nitrogens is 5. The molecule has 1 aliphatic rings. The summed E-state index contributed by atoms with van der Waals surface area (Å²) in [5.74, 6) is 2.52. The molecule has 0 radical (unpaired) electrons. The normalized spacial score (nSPS) is 16.8. The fourth-order valence-electron chi connectivity index (χ4n) is 4.31. The SMILES string of the molecule is CCC1CCCCN1c1ccn2c(=O)n(Cc3nc(-c4ccccc4)oc3C)nc2n1. The van der Waals surface area contributed by atoms with Crippen molar-refractivity contribution in [1.82, 2.24) is 24.1 Å². The van der Waals surface area contributed by atoms with Crippen molar-refractivity contribution >= 4 is 11.6 Å². The van der Waals surface area contributed by atoms with Crippen molar-refractivity contribution < 1.29 is 4.42 Å². The predicted octanol–water partition coefficient (Wildman–Crippen LogP) is 3.67. The number of hydrogen-bond acceptors (Lipinski definition) is 6. The van der Waals surface area contributed by atoms with Crippen LogP contribution in [0.15, 0.2) is 51.8 Å². The van der Waals surface area contributed by atoms with Crippen molar-refractivity contribution in [1.29, 1.82) is 0 Å². The summed E-state index contributed by atoms with van der Waals surface area (Å²) in [4.78, 5) is 24.5. The van der Waals surface area contributed by atoms with Gasteiger partial charge in [0.05, 0.1) is 6.54 Å². The Hall–Kier alpha value is -3.42. The first-order chi connectivity index (χ1) is 15.1. The fourth-order valence-corrected chi connectivity index (χ4v) is 4.31. The molecular weight excluding hydrogens is 392 g/mol. The lowest BCUT2D eigenvalue weighted by molar-refractivity contribution is 0.447. The van der Waals surface area contributed by atoms with E-state index in [1.165, 1.54) is 28.3 Å². The third kappa shape index (κ3) is 3.62. The van der Waals surface area contributed by atoms with Gasteiger partial charge in [0.2, 0.25) is 5.89 Å². The van der Waals surface area contributed by atoms with Crippen molar-refractivity contribution in [2.75, 3.05) is 11.4 Å². The molecule has 4 heterocycles. The van der Waals surface area contributed by atoms with Crippen LogP contribution in [-0.2, 0) is 6.54 Å². The summed E-state index contributed by atoms with van der Waals surface area (Å²) in [7, 11) is 0. The Balaban J connectivity index is 1.45. The highest BCUT2D eigenvalue weighted by atomic mass is 16.4. The molecule has 0 aliphatic carbocycles. The maximum Gasteiger partial charge on any atom is 0.351 e. The topological polar surface area (TPSA) is 81.5 Å². The second-order valence-electron chi connectivity index (χ2n) is 8.04. The van der Waals surface area contributed by atoms with Gasteiger partial charge in [-0.2, -0.15) is 4.98 Å².